The fourth-order valence-electron chi connectivity index (χ4n) is 3.64. The number of aryl methyl sites for hydroxylation is 2. The molecule has 2 aromatic heterocycles. The number of benzene rings is 1. The molecule has 3 aromatic rings. The van der Waals surface area contributed by atoms with E-state index in [4.69, 9.17) is 16.1 Å². The Morgan fingerprint density at radius 2 is 1.84 bits per heavy atom. The number of halogens is 1. The highest BCUT2D eigenvalue weighted by Gasteiger charge is 2.23. The average Bonchev–Trinajstić information content (AvgIpc) is 3.08. The number of nitrogens with zero attached hydrogens (tertiary/aromatic N) is 6. The molecule has 31 heavy (non-hydrogen) atoms. The maximum Gasteiger partial charge on any atom is 0.292 e. The van der Waals surface area contributed by atoms with E-state index in [1.165, 1.54) is 24.3 Å². The zero-order valence-corrected chi connectivity index (χ0v) is 17.9. The van der Waals surface area contributed by atoms with Crippen LogP contribution >= 0.6 is 11.6 Å². The van der Waals surface area contributed by atoms with Crippen molar-refractivity contribution in [2.45, 2.75) is 20.4 Å². The first-order valence-corrected chi connectivity index (χ1v) is 10.1. The Hall–Kier alpha value is -3.24. The zero-order valence-electron chi connectivity index (χ0n) is 17.1. The van der Waals surface area contributed by atoms with Crippen LogP contribution in [0.5, 0.6) is 0 Å². The number of non-ortho nitro benzene ring substituents is 1. The summed E-state index contributed by atoms with van der Waals surface area (Å²) in [7, 11) is 0. The number of nitro benzene ring substituents is 1. The first kappa shape index (κ1) is 21.0. The number of anilines is 1. The van der Waals surface area contributed by atoms with Gasteiger partial charge in [-0.05, 0) is 26.0 Å². The van der Waals surface area contributed by atoms with Crippen LogP contribution in [-0.2, 0) is 6.54 Å². The number of hydrogen-bond acceptors (Lipinski definition) is 8. The Morgan fingerprint density at radius 3 is 2.42 bits per heavy atom. The number of aromatic nitrogens is 3. The van der Waals surface area contributed by atoms with E-state index < -0.39 is 10.5 Å². The Bertz CT molecular complexity index is 1150. The van der Waals surface area contributed by atoms with Crippen LogP contribution in [0.2, 0.25) is 5.02 Å². The lowest BCUT2D eigenvalue weighted by Crippen LogP contribution is -2.46. The molecule has 3 heterocycles. The van der Waals surface area contributed by atoms with Gasteiger partial charge >= 0.3 is 0 Å². The third-order valence-electron chi connectivity index (χ3n) is 5.48. The normalized spacial score (nSPS) is 14.7. The molecule has 1 aliphatic rings. The van der Waals surface area contributed by atoms with Crippen LogP contribution in [0.25, 0.3) is 5.69 Å². The first-order valence-electron chi connectivity index (χ1n) is 9.77. The molecule has 11 heteroatoms. The van der Waals surface area contributed by atoms with E-state index in [1.807, 2.05) is 18.7 Å². The second-order valence-electron chi connectivity index (χ2n) is 7.40. The summed E-state index contributed by atoms with van der Waals surface area (Å²) in [5.74, 6) is 0.835. The lowest BCUT2D eigenvalue weighted by Gasteiger charge is -2.36. The lowest BCUT2D eigenvalue weighted by molar-refractivity contribution is -0.384. The molecular weight excluding hydrogens is 424 g/mol. The van der Waals surface area contributed by atoms with E-state index in [-0.39, 0.29) is 10.7 Å². The van der Waals surface area contributed by atoms with Gasteiger partial charge in [0.2, 0.25) is 0 Å². The summed E-state index contributed by atoms with van der Waals surface area (Å²) < 4.78 is 6.38. The fraction of sp³-hybridized carbons (Fsp3) is 0.350. The van der Waals surface area contributed by atoms with Crippen LogP contribution in [0, 0.1) is 24.0 Å². The minimum Gasteiger partial charge on any atom is -0.366 e. The molecule has 0 atom stereocenters. The van der Waals surface area contributed by atoms with Gasteiger partial charge in [-0.2, -0.15) is 9.78 Å². The quantitative estimate of drug-likeness (QED) is 0.436. The molecule has 0 N–H and O–H groups in total. The summed E-state index contributed by atoms with van der Waals surface area (Å²) in [6.07, 6.45) is 1.56. The van der Waals surface area contributed by atoms with Crippen molar-refractivity contribution in [3.05, 3.63) is 73.0 Å². The predicted molar refractivity (Wildman–Crippen MR) is 115 cm³/mol. The smallest absolute Gasteiger partial charge is 0.292 e. The van der Waals surface area contributed by atoms with E-state index in [2.05, 4.69) is 15.2 Å². The highest BCUT2D eigenvalue weighted by Crippen LogP contribution is 2.24. The third-order valence-corrected chi connectivity index (χ3v) is 5.84. The number of piperazine rings is 1. The topological polar surface area (TPSA) is 111 Å². The molecule has 162 valence electrons. The standard InChI is InChI=1S/C20H21ClN6O4/c1-13-17(14(2)31-23-13)12-24-7-9-25(10-8-24)18-11-22-26(20(28)19(18)21)15-3-5-16(6-4-15)27(29)30/h3-6,11H,7-10,12H2,1-2H3. The number of rotatable bonds is 5. The second kappa shape index (κ2) is 8.48. The summed E-state index contributed by atoms with van der Waals surface area (Å²) in [6.45, 7) is 7.61. The summed E-state index contributed by atoms with van der Waals surface area (Å²) in [5, 5.41) is 19.1. The molecule has 1 saturated heterocycles. The van der Waals surface area contributed by atoms with Gasteiger partial charge in [0.05, 0.1) is 28.2 Å². The minimum absolute atomic E-state index is 0.0611. The molecule has 10 nitrogen and oxygen atoms in total. The summed E-state index contributed by atoms with van der Waals surface area (Å²) in [4.78, 5) is 27.5. The Balaban J connectivity index is 1.48. The molecule has 0 aliphatic carbocycles. The summed E-state index contributed by atoms with van der Waals surface area (Å²) in [5.41, 5.74) is 2.48. The molecule has 0 radical (unpaired) electrons. The van der Waals surface area contributed by atoms with Crippen molar-refractivity contribution in [2.75, 3.05) is 31.1 Å². The van der Waals surface area contributed by atoms with Crippen molar-refractivity contribution in [1.29, 1.82) is 0 Å². The minimum atomic E-state index is -0.499. The summed E-state index contributed by atoms with van der Waals surface area (Å²) >= 11 is 6.40. The highest BCUT2D eigenvalue weighted by atomic mass is 35.5. The van der Waals surface area contributed by atoms with Crippen LogP contribution in [0.15, 0.2) is 39.8 Å². The first-order chi connectivity index (χ1) is 14.8. The van der Waals surface area contributed by atoms with Gasteiger partial charge < -0.3 is 9.42 Å². The van der Waals surface area contributed by atoms with Crippen molar-refractivity contribution in [1.82, 2.24) is 19.8 Å². The highest BCUT2D eigenvalue weighted by molar-refractivity contribution is 6.33. The van der Waals surface area contributed by atoms with Gasteiger partial charge in [-0.1, -0.05) is 16.8 Å². The van der Waals surface area contributed by atoms with Gasteiger partial charge in [0.15, 0.2) is 0 Å². The largest absolute Gasteiger partial charge is 0.366 e. The molecule has 0 amide bonds. The zero-order chi connectivity index (χ0) is 22.1. The third kappa shape index (κ3) is 4.17. The van der Waals surface area contributed by atoms with Crippen LogP contribution < -0.4 is 10.5 Å². The average molecular weight is 445 g/mol. The van der Waals surface area contributed by atoms with Crippen LogP contribution in [-0.4, -0.2) is 50.9 Å². The van der Waals surface area contributed by atoms with Gasteiger partial charge in [0.1, 0.15) is 10.8 Å². The molecule has 1 fully saturated rings. The monoisotopic (exact) mass is 444 g/mol. The molecule has 0 unspecified atom stereocenters. The van der Waals surface area contributed by atoms with E-state index in [0.717, 1.165) is 41.3 Å². The van der Waals surface area contributed by atoms with Crippen LogP contribution in [0.3, 0.4) is 0 Å². The fourth-order valence-corrected chi connectivity index (χ4v) is 3.89. The number of nitro groups is 1. The SMILES string of the molecule is Cc1noc(C)c1CN1CCN(c2cnn(-c3ccc([N+](=O)[O-])cc3)c(=O)c2Cl)CC1. The number of hydrogen-bond donors (Lipinski definition) is 0. The van der Waals surface area contributed by atoms with Crippen molar-refractivity contribution in [3.8, 4) is 5.69 Å². The summed E-state index contributed by atoms with van der Waals surface area (Å²) in [6, 6.07) is 5.58. The van der Waals surface area contributed by atoms with Gasteiger partial charge in [0, 0.05) is 50.4 Å². The van der Waals surface area contributed by atoms with Gasteiger partial charge in [0.25, 0.3) is 11.2 Å². The van der Waals surface area contributed by atoms with Crippen molar-refractivity contribution < 1.29 is 9.45 Å². The van der Waals surface area contributed by atoms with Gasteiger partial charge in [-0.25, -0.2) is 0 Å². The molecule has 0 spiro atoms. The maximum absolute atomic E-state index is 12.8. The van der Waals surface area contributed by atoms with Crippen molar-refractivity contribution in [3.63, 3.8) is 0 Å². The van der Waals surface area contributed by atoms with E-state index in [9.17, 15) is 14.9 Å². The van der Waals surface area contributed by atoms with Crippen LogP contribution in [0.1, 0.15) is 17.0 Å². The predicted octanol–water partition coefficient (Wildman–Crippen LogP) is 2.72. The van der Waals surface area contributed by atoms with Crippen molar-refractivity contribution in [2.24, 2.45) is 0 Å². The molecule has 4 rings (SSSR count). The Kier molecular flexibility index (Phi) is 5.75. The van der Waals surface area contributed by atoms with Crippen molar-refractivity contribution >= 4 is 23.0 Å². The van der Waals surface area contributed by atoms with E-state index >= 15 is 0 Å². The van der Waals surface area contributed by atoms with Gasteiger partial charge in [-0.3, -0.25) is 19.8 Å². The lowest BCUT2D eigenvalue weighted by atomic mass is 10.1. The molecular formula is C20H21ClN6O4. The van der Waals surface area contributed by atoms with E-state index in [0.29, 0.717) is 24.5 Å². The van der Waals surface area contributed by atoms with E-state index in [1.54, 1.807) is 6.20 Å². The maximum atomic E-state index is 12.8. The molecule has 1 aromatic carbocycles. The van der Waals surface area contributed by atoms with Crippen LogP contribution in [0.4, 0.5) is 11.4 Å². The van der Waals surface area contributed by atoms with Gasteiger partial charge in [-0.15, -0.1) is 0 Å². The Morgan fingerprint density at radius 1 is 1.16 bits per heavy atom. The Labute approximate surface area is 182 Å². The molecule has 0 bridgehead atoms. The molecule has 0 saturated carbocycles. The second-order valence-corrected chi connectivity index (χ2v) is 7.78. The molecule has 1 aliphatic heterocycles.